The smallest absolute Gasteiger partial charge is 0.239 e. The first kappa shape index (κ1) is 19.7. The summed E-state index contributed by atoms with van der Waals surface area (Å²) in [5.41, 5.74) is 0. The maximum atomic E-state index is 12.6. The molecule has 1 aliphatic rings. The van der Waals surface area contributed by atoms with Crippen LogP contribution in [0.4, 0.5) is 5.82 Å². The molecule has 3 aromatic rings. The number of anilines is 1. The number of nitrogens with one attached hydrogen (secondary N) is 1. The highest BCUT2D eigenvalue weighted by atomic mass is 32.1. The number of likely N-dealkylation sites (tertiary alicyclic amines) is 1. The van der Waals surface area contributed by atoms with E-state index >= 15 is 0 Å². The Hall–Kier alpha value is -2.64. The quantitative estimate of drug-likeness (QED) is 0.615. The molecule has 1 fully saturated rings. The van der Waals surface area contributed by atoms with Gasteiger partial charge in [0.2, 0.25) is 5.91 Å². The van der Waals surface area contributed by atoms with Gasteiger partial charge in [0, 0.05) is 23.4 Å². The Morgan fingerprint density at radius 1 is 1.21 bits per heavy atom. The molecule has 0 radical (unpaired) electrons. The van der Waals surface area contributed by atoms with Crippen LogP contribution in [0.5, 0.6) is 5.75 Å². The summed E-state index contributed by atoms with van der Waals surface area (Å²) >= 11 is 1.69. The Kier molecular flexibility index (Phi) is 6.59. The number of carbonyl (C=O) groups excluding carboxylic acids is 1. The lowest BCUT2D eigenvalue weighted by Crippen LogP contribution is -2.42. The maximum Gasteiger partial charge on any atom is 0.239 e. The number of thiophene rings is 1. The molecule has 0 saturated carbocycles. The Labute approximate surface area is 175 Å². The molecular formula is C22H26N4O2S. The number of para-hydroxylation sites is 1. The highest BCUT2D eigenvalue weighted by molar-refractivity contribution is 7.09. The third kappa shape index (κ3) is 5.68. The minimum absolute atomic E-state index is 0.00237. The summed E-state index contributed by atoms with van der Waals surface area (Å²) in [5.74, 6) is 2.09. The zero-order valence-electron chi connectivity index (χ0n) is 16.4. The number of hydrogen-bond acceptors (Lipinski definition) is 5. The number of aromatic nitrogens is 2. The normalized spacial score (nSPS) is 17.2. The lowest BCUT2D eigenvalue weighted by atomic mass is 9.99. The van der Waals surface area contributed by atoms with E-state index in [9.17, 15) is 4.79 Å². The van der Waals surface area contributed by atoms with Crippen molar-refractivity contribution in [2.45, 2.75) is 19.4 Å². The number of rotatable bonds is 8. The zero-order chi connectivity index (χ0) is 19.9. The summed E-state index contributed by atoms with van der Waals surface area (Å²) in [6.45, 7) is 3.59. The molecule has 7 heteroatoms. The van der Waals surface area contributed by atoms with E-state index in [1.165, 1.54) is 4.88 Å². The largest absolute Gasteiger partial charge is 0.493 e. The maximum absolute atomic E-state index is 12.6. The average molecular weight is 411 g/mol. The van der Waals surface area contributed by atoms with Crippen molar-refractivity contribution in [2.75, 3.05) is 31.6 Å². The van der Waals surface area contributed by atoms with Gasteiger partial charge < -0.3 is 10.1 Å². The first-order valence-electron chi connectivity index (χ1n) is 10.0. The number of piperidine rings is 1. The second-order valence-electron chi connectivity index (χ2n) is 7.37. The predicted molar refractivity (Wildman–Crippen MR) is 115 cm³/mol. The molecule has 1 N–H and O–H groups in total. The number of carbonyl (C=O) groups is 1. The van der Waals surface area contributed by atoms with Gasteiger partial charge in [-0.1, -0.05) is 24.3 Å². The molecule has 1 saturated heterocycles. The van der Waals surface area contributed by atoms with Gasteiger partial charge in [-0.15, -0.1) is 11.3 Å². The summed E-state index contributed by atoms with van der Waals surface area (Å²) in [4.78, 5) is 16.0. The third-order valence-corrected chi connectivity index (χ3v) is 5.93. The molecule has 2 aromatic heterocycles. The minimum atomic E-state index is 0.00237. The monoisotopic (exact) mass is 410 g/mol. The van der Waals surface area contributed by atoms with Crippen LogP contribution in [0.2, 0.25) is 0 Å². The summed E-state index contributed by atoms with van der Waals surface area (Å²) in [6.07, 6.45) is 3.95. The van der Waals surface area contributed by atoms with Crippen LogP contribution in [-0.2, 0) is 11.3 Å². The average Bonchev–Trinajstić information content (AvgIpc) is 3.40. The summed E-state index contributed by atoms with van der Waals surface area (Å²) < 4.78 is 7.74. The van der Waals surface area contributed by atoms with Gasteiger partial charge in [0.1, 0.15) is 11.6 Å². The molecule has 29 heavy (non-hydrogen) atoms. The highest BCUT2D eigenvalue weighted by Crippen LogP contribution is 2.19. The molecule has 4 rings (SSSR count). The fourth-order valence-electron chi connectivity index (χ4n) is 3.66. The molecule has 1 aliphatic heterocycles. The lowest BCUT2D eigenvalue weighted by molar-refractivity contribution is -0.117. The van der Waals surface area contributed by atoms with Crippen LogP contribution in [0.1, 0.15) is 17.7 Å². The fraction of sp³-hybridized carbons (Fsp3) is 0.364. The molecule has 152 valence electrons. The van der Waals surface area contributed by atoms with Gasteiger partial charge in [-0.3, -0.25) is 9.69 Å². The van der Waals surface area contributed by atoms with Crippen molar-refractivity contribution in [3.63, 3.8) is 0 Å². The Balaban J connectivity index is 1.26. The molecule has 0 bridgehead atoms. The van der Waals surface area contributed by atoms with Gasteiger partial charge in [0.25, 0.3) is 0 Å². The number of amides is 1. The van der Waals surface area contributed by atoms with Crippen molar-refractivity contribution in [1.29, 1.82) is 0 Å². The van der Waals surface area contributed by atoms with Gasteiger partial charge in [0.15, 0.2) is 0 Å². The second-order valence-corrected chi connectivity index (χ2v) is 8.40. The van der Waals surface area contributed by atoms with Crippen molar-refractivity contribution >= 4 is 23.1 Å². The molecule has 6 nitrogen and oxygen atoms in total. The molecule has 0 spiro atoms. The van der Waals surface area contributed by atoms with Gasteiger partial charge in [0.05, 0.1) is 25.9 Å². The minimum Gasteiger partial charge on any atom is -0.493 e. The molecule has 0 aliphatic carbocycles. The predicted octanol–water partition coefficient (Wildman–Crippen LogP) is 3.72. The van der Waals surface area contributed by atoms with E-state index in [1.807, 2.05) is 52.5 Å². The SMILES string of the molecule is O=C(CN1CCCC(COc2ccccc2)C1)Nc1ccnn1Cc1cccs1. The summed E-state index contributed by atoms with van der Waals surface area (Å²) in [5, 5.41) is 9.40. The number of ether oxygens (including phenoxy) is 1. The van der Waals surface area contributed by atoms with E-state index < -0.39 is 0 Å². The van der Waals surface area contributed by atoms with Crippen LogP contribution in [0, 0.1) is 5.92 Å². The number of hydrogen-bond donors (Lipinski definition) is 1. The molecule has 1 aromatic carbocycles. The van der Waals surface area contributed by atoms with Crippen LogP contribution in [-0.4, -0.2) is 46.8 Å². The Bertz CT molecular complexity index is 895. The van der Waals surface area contributed by atoms with Crippen molar-refractivity contribution < 1.29 is 9.53 Å². The number of benzene rings is 1. The van der Waals surface area contributed by atoms with E-state index in [1.54, 1.807) is 17.5 Å². The van der Waals surface area contributed by atoms with Gasteiger partial charge >= 0.3 is 0 Å². The van der Waals surface area contributed by atoms with Crippen LogP contribution in [0.15, 0.2) is 60.1 Å². The Morgan fingerprint density at radius 2 is 2.10 bits per heavy atom. The van der Waals surface area contributed by atoms with E-state index in [4.69, 9.17) is 4.74 Å². The van der Waals surface area contributed by atoms with E-state index in [-0.39, 0.29) is 5.91 Å². The highest BCUT2D eigenvalue weighted by Gasteiger charge is 2.22. The Morgan fingerprint density at radius 3 is 2.93 bits per heavy atom. The third-order valence-electron chi connectivity index (χ3n) is 5.07. The van der Waals surface area contributed by atoms with Crippen LogP contribution >= 0.6 is 11.3 Å². The molecule has 1 atom stereocenters. The zero-order valence-corrected chi connectivity index (χ0v) is 17.2. The van der Waals surface area contributed by atoms with Crippen LogP contribution in [0.25, 0.3) is 0 Å². The molecular weight excluding hydrogens is 384 g/mol. The summed E-state index contributed by atoms with van der Waals surface area (Å²) in [7, 11) is 0. The van der Waals surface area contributed by atoms with E-state index in [0.29, 0.717) is 25.6 Å². The first-order chi connectivity index (χ1) is 14.3. The fourth-order valence-corrected chi connectivity index (χ4v) is 4.35. The molecule has 1 amide bonds. The summed E-state index contributed by atoms with van der Waals surface area (Å²) in [6, 6.07) is 15.9. The number of nitrogens with zero attached hydrogens (tertiary/aromatic N) is 3. The van der Waals surface area contributed by atoms with Crippen molar-refractivity contribution in [3.05, 3.63) is 65.0 Å². The van der Waals surface area contributed by atoms with Crippen molar-refractivity contribution in [3.8, 4) is 5.75 Å². The van der Waals surface area contributed by atoms with Crippen molar-refractivity contribution in [2.24, 2.45) is 5.92 Å². The van der Waals surface area contributed by atoms with E-state index in [2.05, 4.69) is 21.4 Å². The molecule has 3 heterocycles. The van der Waals surface area contributed by atoms with Crippen LogP contribution < -0.4 is 10.1 Å². The lowest BCUT2D eigenvalue weighted by Gasteiger charge is -2.32. The van der Waals surface area contributed by atoms with Crippen LogP contribution in [0.3, 0.4) is 0 Å². The second kappa shape index (κ2) is 9.71. The topological polar surface area (TPSA) is 59.4 Å². The molecule has 1 unspecified atom stereocenters. The van der Waals surface area contributed by atoms with Gasteiger partial charge in [-0.25, -0.2) is 4.68 Å². The van der Waals surface area contributed by atoms with E-state index in [0.717, 1.165) is 37.5 Å². The standard InChI is InChI=1S/C22H26N4O2S/c27-22(24-21-10-11-23-26(21)15-20-9-5-13-29-20)16-25-12-4-6-18(14-25)17-28-19-7-2-1-3-8-19/h1-3,5,7-11,13,18H,4,6,12,14-17H2,(H,24,27). The van der Waals surface area contributed by atoms with Crippen molar-refractivity contribution in [1.82, 2.24) is 14.7 Å². The van der Waals surface area contributed by atoms with Gasteiger partial charge in [-0.05, 0) is 43.0 Å². The van der Waals surface area contributed by atoms with Gasteiger partial charge in [-0.2, -0.15) is 5.10 Å². The first-order valence-corrected chi connectivity index (χ1v) is 10.9.